The number of hydrogen-bond donors (Lipinski definition) is 1. The van der Waals surface area contributed by atoms with Crippen molar-refractivity contribution in [2.75, 3.05) is 6.61 Å². The Labute approximate surface area is 101 Å². The Kier molecular flexibility index (Phi) is 3.64. The van der Waals surface area contributed by atoms with E-state index in [0.29, 0.717) is 13.0 Å². The fourth-order valence-electron chi connectivity index (χ4n) is 2.02. The number of aryl methyl sites for hydroxylation is 1. The van der Waals surface area contributed by atoms with E-state index in [2.05, 4.69) is 0 Å². The van der Waals surface area contributed by atoms with Crippen molar-refractivity contribution >= 4 is 0 Å². The highest BCUT2D eigenvalue weighted by molar-refractivity contribution is 5.30. The van der Waals surface area contributed by atoms with E-state index in [0.717, 1.165) is 5.56 Å². The molecule has 1 aromatic carbocycles. The minimum Gasteiger partial charge on any atom is -0.485 e. The molecule has 4 heteroatoms. The molecule has 0 saturated heterocycles. The van der Waals surface area contributed by atoms with Crippen LogP contribution in [0.5, 0.6) is 5.75 Å². The van der Waals surface area contributed by atoms with E-state index in [-0.39, 0.29) is 29.8 Å². The summed E-state index contributed by atoms with van der Waals surface area (Å²) in [5.41, 5.74) is 6.79. The Bertz CT molecular complexity index is 397. The Balaban J connectivity index is 2.03. The highest BCUT2D eigenvalue weighted by Crippen LogP contribution is 2.29. The Morgan fingerprint density at radius 2 is 2.24 bits per heavy atom. The molecular weight excluding hydrogens is 221 g/mol. The van der Waals surface area contributed by atoms with Crippen molar-refractivity contribution in [3.8, 4) is 5.75 Å². The van der Waals surface area contributed by atoms with Crippen molar-refractivity contribution in [2.45, 2.75) is 38.5 Å². The monoisotopic (exact) mass is 239 g/mol. The van der Waals surface area contributed by atoms with Crippen LogP contribution in [0.1, 0.15) is 18.9 Å². The summed E-state index contributed by atoms with van der Waals surface area (Å²) in [4.78, 5) is 0. The zero-order valence-corrected chi connectivity index (χ0v) is 10.2. The standard InChI is InChI=1S/C13H18FNO2/c1-3-16-13-10(15)7-12(13)17-11-6-8(2)4-5-9(11)14/h4-6,10,12-13H,3,7,15H2,1-2H3. The second-order valence-corrected chi connectivity index (χ2v) is 4.41. The van der Waals surface area contributed by atoms with Crippen LogP contribution in [0, 0.1) is 12.7 Å². The molecule has 94 valence electrons. The lowest BCUT2D eigenvalue weighted by atomic mass is 9.86. The van der Waals surface area contributed by atoms with Gasteiger partial charge < -0.3 is 15.2 Å². The second-order valence-electron chi connectivity index (χ2n) is 4.41. The predicted octanol–water partition coefficient (Wildman–Crippen LogP) is 2.02. The summed E-state index contributed by atoms with van der Waals surface area (Å²) >= 11 is 0. The van der Waals surface area contributed by atoms with Crippen molar-refractivity contribution in [1.82, 2.24) is 0 Å². The molecule has 0 aliphatic heterocycles. The van der Waals surface area contributed by atoms with Crippen LogP contribution in [0.3, 0.4) is 0 Å². The molecule has 17 heavy (non-hydrogen) atoms. The van der Waals surface area contributed by atoms with Gasteiger partial charge in [0.05, 0.1) is 0 Å². The summed E-state index contributed by atoms with van der Waals surface area (Å²) < 4.78 is 24.6. The van der Waals surface area contributed by atoms with E-state index < -0.39 is 0 Å². The molecule has 3 nitrogen and oxygen atoms in total. The predicted molar refractivity (Wildman–Crippen MR) is 63.6 cm³/mol. The topological polar surface area (TPSA) is 44.5 Å². The third kappa shape index (κ3) is 2.58. The van der Waals surface area contributed by atoms with Crippen LogP contribution in [0.2, 0.25) is 0 Å². The van der Waals surface area contributed by atoms with Gasteiger partial charge in [-0.3, -0.25) is 0 Å². The fraction of sp³-hybridized carbons (Fsp3) is 0.538. The molecule has 2 rings (SSSR count). The van der Waals surface area contributed by atoms with Gasteiger partial charge in [-0.15, -0.1) is 0 Å². The van der Waals surface area contributed by atoms with Gasteiger partial charge in [0.25, 0.3) is 0 Å². The third-order valence-corrected chi connectivity index (χ3v) is 3.02. The normalized spacial score (nSPS) is 27.6. The van der Waals surface area contributed by atoms with Gasteiger partial charge in [0.15, 0.2) is 11.6 Å². The average Bonchev–Trinajstić information content (AvgIpc) is 2.30. The first kappa shape index (κ1) is 12.3. The molecular formula is C13H18FNO2. The number of halogens is 1. The first-order chi connectivity index (χ1) is 8.11. The second kappa shape index (κ2) is 5.02. The molecule has 0 aromatic heterocycles. The SMILES string of the molecule is CCOC1C(N)CC1Oc1cc(C)ccc1F. The number of nitrogens with two attached hydrogens (primary N) is 1. The lowest BCUT2D eigenvalue weighted by molar-refractivity contribution is -0.0955. The zero-order chi connectivity index (χ0) is 12.4. The maximum Gasteiger partial charge on any atom is 0.165 e. The Morgan fingerprint density at radius 1 is 1.47 bits per heavy atom. The van der Waals surface area contributed by atoms with Crippen molar-refractivity contribution in [3.05, 3.63) is 29.6 Å². The van der Waals surface area contributed by atoms with Gasteiger partial charge in [-0.1, -0.05) is 6.07 Å². The molecule has 0 bridgehead atoms. The van der Waals surface area contributed by atoms with Gasteiger partial charge in [-0.2, -0.15) is 0 Å². The summed E-state index contributed by atoms with van der Waals surface area (Å²) in [6.07, 6.45) is 0.444. The van der Waals surface area contributed by atoms with Crippen LogP contribution in [0.15, 0.2) is 18.2 Å². The first-order valence-corrected chi connectivity index (χ1v) is 5.91. The van der Waals surface area contributed by atoms with Crippen molar-refractivity contribution in [3.63, 3.8) is 0 Å². The number of ether oxygens (including phenoxy) is 2. The minimum absolute atomic E-state index is 0.00665. The molecule has 1 aliphatic carbocycles. The lowest BCUT2D eigenvalue weighted by Gasteiger charge is -2.41. The molecule has 1 saturated carbocycles. The molecule has 0 radical (unpaired) electrons. The van der Waals surface area contributed by atoms with Crippen LogP contribution >= 0.6 is 0 Å². The van der Waals surface area contributed by atoms with Crippen LogP contribution in [0.25, 0.3) is 0 Å². The maximum absolute atomic E-state index is 13.5. The minimum atomic E-state index is -0.341. The quantitative estimate of drug-likeness (QED) is 0.874. The van der Waals surface area contributed by atoms with Gasteiger partial charge in [0.1, 0.15) is 12.2 Å². The first-order valence-electron chi connectivity index (χ1n) is 5.91. The van der Waals surface area contributed by atoms with Crippen molar-refractivity contribution < 1.29 is 13.9 Å². The Morgan fingerprint density at radius 3 is 2.88 bits per heavy atom. The van der Waals surface area contributed by atoms with Crippen LogP contribution < -0.4 is 10.5 Å². The van der Waals surface area contributed by atoms with E-state index in [1.54, 1.807) is 12.1 Å². The van der Waals surface area contributed by atoms with Gasteiger partial charge >= 0.3 is 0 Å². The number of hydrogen-bond acceptors (Lipinski definition) is 3. The third-order valence-electron chi connectivity index (χ3n) is 3.02. The molecule has 1 aromatic rings. The lowest BCUT2D eigenvalue weighted by Crippen LogP contribution is -2.59. The summed E-state index contributed by atoms with van der Waals surface area (Å²) in [6.45, 7) is 4.41. The molecule has 0 heterocycles. The number of benzene rings is 1. The summed E-state index contributed by atoms with van der Waals surface area (Å²) in [7, 11) is 0. The van der Waals surface area contributed by atoms with E-state index in [1.807, 2.05) is 13.8 Å². The molecule has 0 spiro atoms. The zero-order valence-electron chi connectivity index (χ0n) is 10.2. The highest BCUT2D eigenvalue weighted by atomic mass is 19.1. The van der Waals surface area contributed by atoms with E-state index in [9.17, 15) is 4.39 Å². The van der Waals surface area contributed by atoms with Crippen LogP contribution in [0.4, 0.5) is 4.39 Å². The van der Waals surface area contributed by atoms with Gasteiger partial charge in [0.2, 0.25) is 0 Å². The highest BCUT2D eigenvalue weighted by Gasteiger charge is 2.41. The molecule has 1 fully saturated rings. The molecule has 2 N–H and O–H groups in total. The van der Waals surface area contributed by atoms with Gasteiger partial charge in [-0.25, -0.2) is 4.39 Å². The van der Waals surface area contributed by atoms with Crippen LogP contribution in [-0.2, 0) is 4.74 Å². The van der Waals surface area contributed by atoms with Gasteiger partial charge in [0, 0.05) is 19.1 Å². The summed E-state index contributed by atoms with van der Waals surface area (Å²) in [5, 5.41) is 0. The van der Waals surface area contributed by atoms with Crippen molar-refractivity contribution in [1.29, 1.82) is 0 Å². The molecule has 1 aliphatic rings. The molecule has 3 atom stereocenters. The summed E-state index contributed by atoms with van der Waals surface area (Å²) in [6, 6.07) is 4.82. The average molecular weight is 239 g/mol. The number of rotatable bonds is 4. The van der Waals surface area contributed by atoms with E-state index in [1.165, 1.54) is 6.07 Å². The van der Waals surface area contributed by atoms with E-state index in [4.69, 9.17) is 15.2 Å². The summed E-state index contributed by atoms with van der Waals surface area (Å²) in [5.74, 6) is -0.0575. The molecule has 0 amide bonds. The smallest absolute Gasteiger partial charge is 0.165 e. The largest absolute Gasteiger partial charge is 0.485 e. The van der Waals surface area contributed by atoms with Crippen LogP contribution in [-0.4, -0.2) is 24.9 Å². The van der Waals surface area contributed by atoms with Gasteiger partial charge in [-0.05, 0) is 31.5 Å². The van der Waals surface area contributed by atoms with E-state index >= 15 is 0 Å². The molecule has 3 unspecified atom stereocenters. The van der Waals surface area contributed by atoms with Crippen molar-refractivity contribution in [2.24, 2.45) is 5.73 Å². The Hall–Kier alpha value is -1.13. The maximum atomic E-state index is 13.5. The fourth-order valence-corrected chi connectivity index (χ4v) is 2.02.